The van der Waals surface area contributed by atoms with E-state index in [0.29, 0.717) is 4.99 Å². The van der Waals surface area contributed by atoms with Crippen molar-refractivity contribution in [2.45, 2.75) is 45.6 Å². The first kappa shape index (κ1) is 16.2. The molecule has 1 unspecified atom stereocenters. The van der Waals surface area contributed by atoms with Crippen molar-refractivity contribution < 1.29 is 0 Å². The van der Waals surface area contributed by atoms with Crippen LogP contribution >= 0.6 is 12.2 Å². The fourth-order valence-corrected chi connectivity index (χ4v) is 3.38. The molecule has 3 N–H and O–H groups in total. The van der Waals surface area contributed by atoms with Crippen LogP contribution in [0.3, 0.4) is 0 Å². The Bertz CT molecular complexity index is 496. The molecule has 0 aliphatic carbocycles. The van der Waals surface area contributed by atoms with Crippen molar-refractivity contribution >= 4 is 23.0 Å². The summed E-state index contributed by atoms with van der Waals surface area (Å²) < 4.78 is 1.83. The summed E-state index contributed by atoms with van der Waals surface area (Å²) in [6, 6.07) is 0.727. The van der Waals surface area contributed by atoms with Gasteiger partial charge < -0.3 is 16.0 Å². The maximum atomic E-state index is 5.80. The normalized spacial score (nSPS) is 19.7. The fraction of sp³-hybridized carbons (Fsp3) is 0.733. The van der Waals surface area contributed by atoms with Gasteiger partial charge in [0.1, 0.15) is 10.8 Å². The summed E-state index contributed by atoms with van der Waals surface area (Å²) in [5.74, 6) is 0.937. The van der Waals surface area contributed by atoms with Crippen molar-refractivity contribution in [1.29, 1.82) is 0 Å². The van der Waals surface area contributed by atoms with Crippen LogP contribution in [0.4, 0.5) is 5.82 Å². The van der Waals surface area contributed by atoms with Crippen LogP contribution in [0.2, 0.25) is 0 Å². The van der Waals surface area contributed by atoms with E-state index < -0.39 is 0 Å². The van der Waals surface area contributed by atoms with Crippen molar-refractivity contribution in [3.8, 4) is 0 Å². The zero-order chi connectivity index (χ0) is 15.4. The molecule has 1 aromatic heterocycles. The van der Waals surface area contributed by atoms with Gasteiger partial charge in [-0.2, -0.15) is 5.10 Å². The Morgan fingerprint density at radius 1 is 1.48 bits per heavy atom. The van der Waals surface area contributed by atoms with Gasteiger partial charge in [-0.05, 0) is 39.7 Å². The van der Waals surface area contributed by atoms with Crippen molar-refractivity contribution in [3.63, 3.8) is 0 Å². The van der Waals surface area contributed by atoms with Gasteiger partial charge in [-0.25, -0.2) is 0 Å². The predicted molar refractivity (Wildman–Crippen MR) is 91.8 cm³/mol. The molecule has 1 aliphatic heterocycles. The predicted octanol–water partition coefficient (Wildman–Crippen LogP) is 2.04. The highest BCUT2D eigenvalue weighted by Crippen LogP contribution is 2.19. The number of nitrogens with zero attached hydrogens (tertiary/aromatic N) is 3. The molecular weight excluding hydrogens is 282 g/mol. The van der Waals surface area contributed by atoms with Crippen LogP contribution in [-0.2, 0) is 7.05 Å². The first-order chi connectivity index (χ1) is 10.0. The number of aromatic nitrogens is 2. The third-order valence-electron chi connectivity index (χ3n) is 4.32. The molecule has 21 heavy (non-hydrogen) atoms. The van der Waals surface area contributed by atoms with Gasteiger partial charge in [0.2, 0.25) is 0 Å². The van der Waals surface area contributed by atoms with Gasteiger partial charge in [0, 0.05) is 26.2 Å². The number of nitrogens with two attached hydrogens (primary N) is 1. The van der Waals surface area contributed by atoms with Crippen LogP contribution in [0.25, 0.3) is 0 Å². The molecule has 2 rings (SSSR count). The summed E-state index contributed by atoms with van der Waals surface area (Å²) >= 11 is 5.12. The summed E-state index contributed by atoms with van der Waals surface area (Å²) in [5.41, 5.74) is 7.56. The summed E-state index contributed by atoms with van der Waals surface area (Å²) in [5, 5.41) is 7.83. The second-order valence-electron chi connectivity index (χ2n) is 5.96. The third kappa shape index (κ3) is 3.95. The first-order valence-electron chi connectivity index (χ1n) is 7.82. The lowest BCUT2D eigenvalue weighted by Gasteiger charge is -2.33. The van der Waals surface area contributed by atoms with Gasteiger partial charge in [0.15, 0.2) is 0 Å². The Morgan fingerprint density at radius 2 is 2.24 bits per heavy atom. The molecule has 0 radical (unpaired) electrons. The molecule has 5 nitrogen and oxygen atoms in total. The van der Waals surface area contributed by atoms with Crippen LogP contribution < -0.4 is 11.1 Å². The van der Waals surface area contributed by atoms with Crippen LogP contribution in [-0.4, -0.2) is 45.3 Å². The minimum atomic E-state index is 0.410. The van der Waals surface area contributed by atoms with Gasteiger partial charge in [0.25, 0.3) is 0 Å². The minimum Gasteiger partial charge on any atom is -0.389 e. The smallest absolute Gasteiger partial charge is 0.134 e. The molecule has 1 aliphatic rings. The molecule has 0 bridgehead atoms. The van der Waals surface area contributed by atoms with E-state index in [9.17, 15) is 0 Å². The van der Waals surface area contributed by atoms with E-state index in [4.69, 9.17) is 18.0 Å². The van der Waals surface area contributed by atoms with Crippen molar-refractivity contribution in [1.82, 2.24) is 14.7 Å². The molecule has 1 atom stereocenters. The fourth-order valence-electron chi connectivity index (χ4n) is 3.13. The number of likely N-dealkylation sites (tertiary alicyclic amines) is 1. The van der Waals surface area contributed by atoms with E-state index in [-0.39, 0.29) is 0 Å². The molecule has 1 saturated heterocycles. The van der Waals surface area contributed by atoms with Crippen molar-refractivity contribution in [2.75, 3.05) is 25.0 Å². The van der Waals surface area contributed by atoms with E-state index in [1.165, 1.54) is 25.8 Å². The third-order valence-corrected chi connectivity index (χ3v) is 4.53. The summed E-state index contributed by atoms with van der Waals surface area (Å²) in [6.45, 7) is 7.58. The lowest BCUT2D eigenvalue weighted by atomic mass is 10.0. The maximum Gasteiger partial charge on any atom is 0.134 e. The molecule has 0 spiro atoms. The second kappa shape index (κ2) is 7.22. The zero-order valence-corrected chi connectivity index (χ0v) is 14.2. The molecule has 1 fully saturated rings. The van der Waals surface area contributed by atoms with Gasteiger partial charge in [0.05, 0.1) is 11.3 Å². The molecule has 0 amide bonds. The van der Waals surface area contributed by atoms with Crippen LogP contribution in [0.5, 0.6) is 0 Å². The minimum absolute atomic E-state index is 0.410. The number of hydrogen-bond acceptors (Lipinski definition) is 4. The zero-order valence-electron chi connectivity index (χ0n) is 13.4. The number of aryl methyl sites for hydroxylation is 2. The second-order valence-corrected chi connectivity index (χ2v) is 6.40. The van der Waals surface area contributed by atoms with E-state index in [1.54, 1.807) is 0 Å². The highest BCUT2D eigenvalue weighted by molar-refractivity contribution is 7.80. The summed E-state index contributed by atoms with van der Waals surface area (Å²) in [4.78, 5) is 3.00. The van der Waals surface area contributed by atoms with Gasteiger partial charge in [-0.3, -0.25) is 4.68 Å². The molecule has 0 saturated carbocycles. The monoisotopic (exact) mass is 309 g/mol. The molecular formula is C15H27N5S. The van der Waals surface area contributed by atoms with Crippen molar-refractivity contribution in [2.24, 2.45) is 12.8 Å². The Kier molecular flexibility index (Phi) is 5.58. The average molecular weight is 309 g/mol. The molecule has 0 aromatic carbocycles. The Morgan fingerprint density at radius 3 is 2.90 bits per heavy atom. The van der Waals surface area contributed by atoms with Crippen molar-refractivity contribution in [3.05, 3.63) is 11.3 Å². The highest BCUT2D eigenvalue weighted by atomic mass is 32.1. The molecule has 118 valence electrons. The summed E-state index contributed by atoms with van der Waals surface area (Å²) in [7, 11) is 1.92. The van der Waals surface area contributed by atoms with Crippen LogP contribution in [0, 0.1) is 6.92 Å². The van der Waals surface area contributed by atoms with Gasteiger partial charge in [-0.1, -0.05) is 18.6 Å². The number of nitrogens with one attached hydrogen (secondary N) is 1. The van der Waals surface area contributed by atoms with Gasteiger partial charge >= 0.3 is 0 Å². The standard InChI is InChI=1S/C15H27N5S/c1-11-7-4-5-9-20(11)10-6-8-17-15-13(14(16)21)12(2)18-19(15)3/h11,17H,4-10H2,1-3H3,(H2,16,21). The lowest BCUT2D eigenvalue weighted by molar-refractivity contribution is 0.160. The SMILES string of the molecule is Cc1nn(C)c(NCCCN2CCCCC2C)c1C(N)=S. The van der Waals surface area contributed by atoms with Gasteiger partial charge in [-0.15, -0.1) is 0 Å². The largest absolute Gasteiger partial charge is 0.389 e. The lowest BCUT2D eigenvalue weighted by Crippen LogP contribution is -2.38. The van der Waals surface area contributed by atoms with Crippen LogP contribution in [0.1, 0.15) is 43.9 Å². The number of anilines is 1. The maximum absolute atomic E-state index is 5.80. The first-order valence-corrected chi connectivity index (χ1v) is 8.23. The number of piperidine rings is 1. The van der Waals surface area contributed by atoms with E-state index in [1.807, 2.05) is 18.7 Å². The quantitative estimate of drug-likeness (QED) is 0.622. The average Bonchev–Trinajstić information content (AvgIpc) is 2.71. The number of hydrogen-bond donors (Lipinski definition) is 2. The Labute approximate surface area is 132 Å². The van der Waals surface area contributed by atoms with Crippen LogP contribution in [0.15, 0.2) is 0 Å². The Balaban J connectivity index is 1.85. The molecule has 2 heterocycles. The number of thiocarbonyl (C=S) groups is 1. The number of rotatable bonds is 6. The highest BCUT2D eigenvalue weighted by Gasteiger charge is 2.18. The summed E-state index contributed by atoms with van der Waals surface area (Å²) in [6.07, 6.45) is 5.16. The van der Waals surface area contributed by atoms with E-state index in [2.05, 4.69) is 22.2 Å². The molecule has 6 heteroatoms. The topological polar surface area (TPSA) is 59.1 Å². The molecule has 1 aromatic rings. The Hall–Kier alpha value is -1.14. The van der Waals surface area contributed by atoms with E-state index >= 15 is 0 Å². The van der Waals surface area contributed by atoms with E-state index in [0.717, 1.165) is 42.6 Å².